The number of hydrogen-bond acceptors (Lipinski definition) is 5. The third-order valence-electron chi connectivity index (χ3n) is 6.68. The van der Waals surface area contributed by atoms with Gasteiger partial charge >= 0.3 is 6.09 Å². The second-order valence-corrected chi connectivity index (χ2v) is 9.70. The van der Waals surface area contributed by atoms with Crippen molar-refractivity contribution in [1.82, 2.24) is 14.9 Å². The molecule has 172 valence electrons. The van der Waals surface area contributed by atoms with Gasteiger partial charge in [0.25, 0.3) is 11.8 Å². The SMILES string of the molecule is O=C(ON1C(=O)CCC1=O)N1CC2CN(C(c3ccc(Cl)cc3)c3ccc(Cl)cc3)CC2C1. The highest BCUT2D eigenvalue weighted by Crippen LogP contribution is 2.39. The molecule has 9 heteroatoms. The molecule has 0 aromatic heterocycles. The molecule has 7 nitrogen and oxygen atoms in total. The minimum Gasteiger partial charge on any atom is -0.311 e. The number of likely N-dealkylation sites (tertiary alicyclic amines) is 2. The van der Waals surface area contributed by atoms with Gasteiger partial charge < -0.3 is 9.74 Å². The molecule has 2 atom stereocenters. The van der Waals surface area contributed by atoms with Crippen molar-refractivity contribution in [3.05, 3.63) is 69.7 Å². The van der Waals surface area contributed by atoms with E-state index in [0.717, 1.165) is 24.2 Å². The fourth-order valence-electron chi connectivity index (χ4n) is 5.09. The molecule has 2 aromatic carbocycles. The van der Waals surface area contributed by atoms with Crippen molar-refractivity contribution in [3.8, 4) is 0 Å². The number of amides is 3. The van der Waals surface area contributed by atoms with Crippen LogP contribution >= 0.6 is 23.2 Å². The first kappa shape index (κ1) is 22.2. The maximum Gasteiger partial charge on any atom is 0.434 e. The Bertz CT molecular complexity index is 1000. The van der Waals surface area contributed by atoms with Gasteiger partial charge in [-0.3, -0.25) is 14.5 Å². The van der Waals surface area contributed by atoms with Gasteiger partial charge in [-0.1, -0.05) is 47.5 Å². The molecule has 3 amide bonds. The van der Waals surface area contributed by atoms with Gasteiger partial charge in [-0.25, -0.2) is 4.79 Å². The third-order valence-corrected chi connectivity index (χ3v) is 7.19. The van der Waals surface area contributed by atoms with Gasteiger partial charge in [0.05, 0.1) is 6.04 Å². The topological polar surface area (TPSA) is 70.2 Å². The highest BCUT2D eigenvalue weighted by molar-refractivity contribution is 6.30. The lowest BCUT2D eigenvalue weighted by atomic mass is 9.97. The fourth-order valence-corrected chi connectivity index (χ4v) is 5.34. The van der Waals surface area contributed by atoms with Crippen molar-refractivity contribution in [1.29, 1.82) is 0 Å². The number of benzene rings is 2. The highest BCUT2D eigenvalue weighted by Gasteiger charge is 2.45. The Morgan fingerprint density at radius 2 is 1.24 bits per heavy atom. The first-order valence-corrected chi connectivity index (χ1v) is 11.7. The van der Waals surface area contributed by atoms with Gasteiger partial charge in [0.2, 0.25) is 0 Å². The number of halogens is 2. The average molecular weight is 488 g/mol. The number of imide groups is 1. The lowest BCUT2D eigenvalue weighted by molar-refractivity contribution is -0.173. The van der Waals surface area contributed by atoms with E-state index in [4.69, 9.17) is 28.0 Å². The molecule has 0 bridgehead atoms. The van der Waals surface area contributed by atoms with E-state index >= 15 is 0 Å². The minimum atomic E-state index is -0.633. The van der Waals surface area contributed by atoms with Gasteiger partial charge in [-0.05, 0) is 47.2 Å². The summed E-state index contributed by atoms with van der Waals surface area (Å²) in [6.07, 6.45) is -0.460. The lowest BCUT2D eigenvalue weighted by Gasteiger charge is -2.30. The number of nitrogens with zero attached hydrogens (tertiary/aromatic N) is 3. The second-order valence-electron chi connectivity index (χ2n) is 8.82. The molecule has 3 saturated heterocycles. The normalized spacial score (nSPS) is 23.0. The summed E-state index contributed by atoms with van der Waals surface area (Å²) in [6.45, 7) is 2.69. The van der Waals surface area contributed by atoms with Crippen LogP contribution in [0.25, 0.3) is 0 Å². The van der Waals surface area contributed by atoms with E-state index in [1.165, 1.54) is 0 Å². The molecular weight excluding hydrogens is 465 g/mol. The summed E-state index contributed by atoms with van der Waals surface area (Å²) >= 11 is 12.2. The molecule has 0 aliphatic carbocycles. The summed E-state index contributed by atoms with van der Waals surface area (Å²) in [7, 11) is 0. The Morgan fingerprint density at radius 3 is 1.70 bits per heavy atom. The maximum atomic E-state index is 12.6. The van der Waals surface area contributed by atoms with Gasteiger partial charge in [0, 0.05) is 49.1 Å². The highest BCUT2D eigenvalue weighted by atomic mass is 35.5. The van der Waals surface area contributed by atoms with E-state index in [0.29, 0.717) is 28.2 Å². The van der Waals surface area contributed by atoms with E-state index in [1.807, 2.05) is 48.5 Å². The molecule has 2 aromatic rings. The van der Waals surface area contributed by atoms with Crippen LogP contribution in [0.3, 0.4) is 0 Å². The summed E-state index contributed by atoms with van der Waals surface area (Å²) in [6, 6.07) is 15.8. The first-order chi connectivity index (χ1) is 15.9. The van der Waals surface area contributed by atoms with E-state index in [9.17, 15) is 14.4 Å². The molecule has 33 heavy (non-hydrogen) atoms. The molecule has 0 spiro atoms. The van der Waals surface area contributed by atoms with E-state index in [2.05, 4.69) is 4.90 Å². The summed E-state index contributed by atoms with van der Waals surface area (Å²) < 4.78 is 0. The van der Waals surface area contributed by atoms with Crippen LogP contribution in [0.1, 0.15) is 30.0 Å². The van der Waals surface area contributed by atoms with Crippen molar-refractivity contribution in [2.75, 3.05) is 26.2 Å². The molecule has 0 saturated carbocycles. The van der Waals surface area contributed by atoms with Crippen molar-refractivity contribution >= 4 is 41.1 Å². The van der Waals surface area contributed by atoms with Crippen LogP contribution in [0.4, 0.5) is 4.79 Å². The van der Waals surface area contributed by atoms with Crippen LogP contribution in [0, 0.1) is 11.8 Å². The quantitative estimate of drug-likeness (QED) is 0.605. The fraction of sp³-hybridized carbons (Fsp3) is 0.375. The Balaban J connectivity index is 1.29. The predicted molar refractivity (Wildman–Crippen MR) is 122 cm³/mol. The molecule has 3 heterocycles. The molecule has 0 N–H and O–H groups in total. The zero-order valence-corrected chi connectivity index (χ0v) is 19.3. The van der Waals surface area contributed by atoms with Crippen molar-refractivity contribution in [3.63, 3.8) is 0 Å². The predicted octanol–water partition coefficient (Wildman–Crippen LogP) is 4.15. The summed E-state index contributed by atoms with van der Waals surface area (Å²) in [4.78, 5) is 45.2. The van der Waals surface area contributed by atoms with Gasteiger partial charge in [0.15, 0.2) is 0 Å². The molecule has 3 fully saturated rings. The smallest absolute Gasteiger partial charge is 0.311 e. The molecule has 5 rings (SSSR count). The Labute approximate surface area is 201 Å². The van der Waals surface area contributed by atoms with E-state index in [-0.39, 0.29) is 30.7 Å². The van der Waals surface area contributed by atoms with Crippen molar-refractivity contribution in [2.24, 2.45) is 11.8 Å². The maximum absolute atomic E-state index is 12.6. The van der Waals surface area contributed by atoms with Crippen LogP contribution < -0.4 is 0 Å². The molecule has 3 aliphatic heterocycles. The van der Waals surface area contributed by atoms with Crippen LogP contribution in [-0.2, 0) is 14.4 Å². The molecule has 0 radical (unpaired) electrons. The van der Waals surface area contributed by atoms with Crippen LogP contribution in [0.15, 0.2) is 48.5 Å². The average Bonchev–Trinajstić information content (AvgIpc) is 3.46. The largest absolute Gasteiger partial charge is 0.434 e. The summed E-state index contributed by atoms with van der Waals surface area (Å²) in [5.74, 6) is -0.366. The standard InChI is InChI=1S/C24H23Cl2N3O4/c25-19-5-1-15(2-6-19)23(16-3-7-20(26)8-4-16)27-11-17-13-28(14-18(17)12-27)24(32)33-29-21(30)9-10-22(29)31/h1-8,17-18,23H,9-14H2. The monoisotopic (exact) mass is 487 g/mol. The number of rotatable bonds is 4. The van der Waals surface area contributed by atoms with Crippen molar-refractivity contribution < 1.29 is 19.2 Å². The zero-order chi connectivity index (χ0) is 23.1. The summed E-state index contributed by atoms with van der Waals surface area (Å²) in [5, 5.41) is 1.99. The number of carbonyl (C=O) groups is 3. The van der Waals surface area contributed by atoms with Gasteiger partial charge in [-0.2, -0.15) is 0 Å². The number of hydrogen-bond donors (Lipinski definition) is 0. The third kappa shape index (κ3) is 4.45. The van der Waals surface area contributed by atoms with Crippen LogP contribution in [0.2, 0.25) is 10.0 Å². The van der Waals surface area contributed by atoms with Crippen LogP contribution in [0.5, 0.6) is 0 Å². The first-order valence-electron chi connectivity index (χ1n) is 11.0. The second kappa shape index (κ2) is 8.97. The Kier molecular flexibility index (Phi) is 6.03. The molecular formula is C24H23Cl2N3O4. The van der Waals surface area contributed by atoms with Crippen LogP contribution in [-0.4, -0.2) is 58.9 Å². The molecule has 2 unspecified atom stereocenters. The van der Waals surface area contributed by atoms with E-state index < -0.39 is 17.9 Å². The summed E-state index contributed by atoms with van der Waals surface area (Å²) in [5.41, 5.74) is 2.29. The van der Waals surface area contributed by atoms with E-state index in [1.54, 1.807) is 4.90 Å². The number of fused-ring (bicyclic) bond motifs is 1. The van der Waals surface area contributed by atoms with Gasteiger partial charge in [-0.15, -0.1) is 5.06 Å². The lowest BCUT2D eigenvalue weighted by Crippen LogP contribution is -2.40. The number of hydroxylamine groups is 2. The minimum absolute atomic E-state index is 0.0466. The number of carbonyl (C=O) groups excluding carboxylic acids is 3. The molecule has 3 aliphatic rings. The van der Waals surface area contributed by atoms with Gasteiger partial charge in [0.1, 0.15) is 0 Å². The Hall–Kier alpha value is -2.61. The Morgan fingerprint density at radius 1 is 0.788 bits per heavy atom. The van der Waals surface area contributed by atoms with Crippen molar-refractivity contribution in [2.45, 2.75) is 18.9 Å². The zero-order valence-electron chi connectivity index (χ0n) is 17.8.